The number of hydrogen-bond donors (Lipinski definition) is 2. The van der Waals surface area contributed by atoms with Crippen molar-refractivity contribution in [2.75, 3.05) is 26.4 Å². The minimum atomic E-state index is 0.265. The second-order valence-electron chi connectivity index (χ2n) is 3.90. The van der Waals surface area contributed by atoms with Gasteiger partial charge in [0.25, 0.3) is 0 Å². The molecule has 0 atom stereocenters. The standard InChI is InChI=1S/C11H15N3OS/c1-14(2)5-6-16-11-12-9-4-3-8(15)7-10(9)13-11/h3-4,7,15H,5-6H2,1-2H3,(H,12,13). The zero-order valence-electron chi connectivity index (χ0n) is 9.40. The number of imidazole rings is 1. The minimum absolute atomic E-state index is 0.265. The van der Waals surface area contributed by atoms with E-state index in [-0.39, 0.29) is 5.75 Å². The molecular formula is C11H15N3OS. The number of nitrogens with one attached hydrogen (secondary N) is 1. The van der Waals surface area contributed by atoms with Crippen LogP contribution in [0.5, 0.6) is 5.75 Å². The lowest BCUT2D eigenvalue weighted by molar-refractivity contribution is 0.437. The molecule has 1 aromatic heterocycles. The first-order chi connectivity index (χ1) is 7.65. The molecule has 4 nitrogen and oxygen atoms in total. The average molecular weight is 237 g/mol. The molecule has 0 aliphatic carbocycles. The molecule has 5 heteroatoms. The highest BCUT2D eigenvalue weighted by atomic mass is 32.2. The van der Waals surface area contributed by atoms with E-state index in [0.29, 0.717) is 0 Å². The zero-order valence-corrected chi connectivity index (χ0v) is 10.2. The van der Waals surface area contributed by atoms with Crippen LogP contribution in [0, 0.1) is 0 Å². The maximum Gasteiger partial charge on any atom is 0.166 e. The molecule has 2 aromatic rings. The number of benzene rings is 1. The molecule has 2 N–H and O–H groups in total. The zero-order chi connectivity index (χ0) is 11.5. The maximum absolute atomic E-state index is 9.33. The molecule has 0 aliphatic heterocycles. The van der Waals surface area contributed by atoms with Crippen molar-refractivity contribution in [3.05, 3.63) is 18.2 Å². The molecule has 1 aromatic carbocycles. The molecule has 0 saturated carbocycles. The Balaban J connectivity index is 2.08. The van der Waals surface area contributed by atoms with Crippen LogP contribution in [0.25, 0.3) is 11.0 Å². The summed E-state index contributed by atoms with van der Waals surface area (Å²) >= 11 is 1.69. The van der Waals surface area contributed by atoms with Crippen molar-refractivity contribution in [1.29, 1.82) is 0 Å². The smallest absolute Gasteiger partial charge is 0.166 e. The highest BCUT2D eigenvalue weighted by molar-refractivity contribution is 7.99. The molecule has 16 heavy (non-hydrogen) atoms. The quantitative estimate of drug-likeness (QED) is 0.798. The van der Waals surface area contributed by atoms with Crippen LogP contribution in [0.4, 0.5) is 0 Å². The molecular weight excluding hydrogens is 222 g/mol. The van der Waals surface area contributed by atoms with Gasteiger partial charge >= 0.3 is 0 Å². The van der Waals surface area contributed by atoms with Crippen molar-refractivity contribution < 1.29 is 5.11 Å². The Morgan fingerprint density at radius 3 is 3.00 bits per heavy atom. The SMILES string of the molecule is CN(C)CCSc1nc2ccc(O)cc2[nH]1. The van der Waals surface area contributed by atoms with E-state index >= 15 is 0 Å². The molecule has 0 saturated heterocycles. The monoisotopic (exact) mass is 237 g/mol. The summed E-state index contributed by atoms with van der Waals surface area (Å²) in [4.78, 5) is 9.75. The van der Waals surface area contributed by atoms with E-state index in [0.717, 1.165) is 28.5 Å². The summed E-state index contributed by atoms with van der Waals surface area (Å²) in [5, 5.41) is 10.2. The Bertz CT molecular complexity index is 481. The van der Waals surface area contributed by atoms with Crippen LogP contribution >= 0.6 is 11.8 Å². The van der Waals surface area contributed by atoms with Gasteiger partial charge in [-0.25, -0.2) is 4.98 Å². The molecule has 0 aliphatic rings. The largest absolute Gasteiger partial charge is 0.508 e. The summed E-state index contributed by atoms with van der Waals surface area (Å²) in [6, 6.07) is 5.16. The first-order valence-electron chi connectivity index (χ1n) is 5.11. The summed E-state index contributed by atoms with van der Waals surface area (Å²) in [5.41, 5.74) is 1.78. The number of aromatic hydroxyl groups is 1. The van der Waals surface area contributed by atoms with Gasteiger partial charge in [-0.3, -0.25) is 0 Å². The number of aromatic nitrogens is 2. The molecule has 0 bridgehead atoms. The lowest BCUT2D eigenvalue weighted by Crippen LogP contribution is -2.14. The van der Waals surface area contributed by atoms with Crippen LogP contribution < -0.4 is 0 Å². The van der Waals surface area contributed by atoms with Crippen LogP contribution in [0.3, 0.4) is 0 Å². The molecule has 2 rings (SSSR count). The molecule has 0 fully saturated rings. The maximum atomic E-state index is 9.33. The average Bonchev–Trinajstić information content (AvgIpc) is 2.58. The first kappa shape index (κ1) is 11.3. The number of hydrogen-bond acceptors (Lipinski definition) is 4. The normalized spacial score (nSPS) is 11.4. The van der Waals surface area contributed by atoms with Crippen molar-refractivity contribution in [1.82, 2.24) is 14.9 Å². The summed E-state index contributed by atoms with van der Waals surface area (Å²) in [6.07, 6.45) is 0. The predicted octanol–water partition coefficient (Wildman–Crippen LogP) is 1.92. The van der Waals surface area contributed by atoms with Gasteiger partial charge in [0.05, 0.1) is 11.0 Å². The molecule has 0 spiro atoms. The van der Waals surface area contributed by atoms with Crippen molar-refractivity contribution in [2.45, 2.75) is 5.16 Å². The fraction of sp³-hybridized carbons (Fsp3) is 0.364. The summed E-state index contributed by atoms with van der Waals surface area (Å²) in [7, 11) is 4.11. The first-order valence-corrected chi connectivity index (χ1v) is 6.10. The topological polar surface area (TPSA) is 52.1 Å². The number of fused-ring (bicyclic) bond motifs is 1. The van der Waals surface area contributed by atoms with Crippen LogP contribution in [-0.4, -0.2) is 46.4 Å². The summed E-state index contributed by atoms with van der Waals surface area (Å²) < 4.78 is 0. The number of rotatable bonds is 4. The highest BCUT2D eigenvalue weighted by Gasteiger charge is 2.03. The molecule has 0 unspecified atom stereocenters. The third kappa shape index (κ3) is 2.68. The second-order valence-corrected chi connectivity index (χ2v) is 4.98. The Hall–Kier alpha value is -1.20. The molecule has 1 heterocycles. The minimum Gasteiger partial charge on any atom is -0.508 e. The Kier molecular flexibility index (Phi) is 3.36. The lowest BCUT2D eigenvalue weighted by Gasteiger charge is -2.06. The van der Waals surface area contributed by atoms with Crippen molar-refractivity contribution in [3.63, 3.8) is 0 Å². The van der Waals surface area contributed by atoms with Gasteiger partial charge in [0.1, 0.15) is 5.75 Å². The number of nitrogens with zero attached hydrogens (tertiary/aromatic N) is 2. The van der Waals surface area contributed by atoms with Gasteiger partial charge in [-0.15, -0.1) is 0 Å². The van der Waals surface area contributed by atoms with Crippen molar-refractivity contribution >= 4 is 22.8 Å². The number of thioether (sulfide) groups is 1. The van der Waals surface area contributed by atoms with E-state index in [1.807, 2.05) is 6.07 Å². The fourth-order valence-corrected chi connectivity index (χ4v) is 2.36. The van der Waals surface area contributed by atoms with E-state index in [9.17, 15) is 5.11 Å². The van der Waals surface area contributed by atoms with Crippen LogP contribution in [-0.2, 0) is 0 Å². The van der Waals surface area contributed by atoms with Crippen molar-refractivity contribution in [2.24, 2.45) is 0 Å². The van der Waals surface area contributed by atoms with Crippen molar-refractivity contribution in [3.8, 4) is 5.75 Å². The van der Waals surface area contributed by atoms with Crippen LogP contribution in [0.2, 0.25) is 0 Å². The third-order valence-electron chi connectivity index (χ3n) is 2.22. The third-order valence-corrected chi connectivity index (χ3v) is 3.07. The van der Waals surface area contributed by atoms with Gasteiger partial charge in [0.2, 0.25) is 0 Å². The molecule has 86 valence electrons. The lowest BCUT2D eigenvalue weighted by atomic mass is 10.3. The number of aromatic amines is 1. The van der Waals surface area contributed by atoms with E-state index in [1.54, 1.807) is 23.9 Å². The van der Waals surface area contributed by atoms with E-state index in [1.165, 1.54) is 0 Å². The van der Waals surface area contributed by atoms with Gasteiger partial charge in [0, 0.05) is 18.4 Å². The Morgan fingerprint density at radius 1 is 1.44 bits per heavy atom. The van der Waals surface area contributed by atoms with Crippen LogP contribution in [0.1, 0.15) is 0 Å². The second kappa shape index (κ2) is 4.76. The van der Waals surface area contributed by atoms with E-state index in [2.05, 4.69) is 29.0 Å². The van der Waals surface area contributed by atoms with E-state index < -0.39 is 0 Å². The van der Waals surface area contributed by atoms with Gasteiger partial charge < -0.3 is 15.0 Å². The van der Waals surface area contributed by atoms with Gasteiger partial charge in [0.15, 0.2) is 5.16 Å². The summed E-state index contributed by atoms with van der Waals surface area (Å²) in [5.74, 6) is 1.26. The number of phenolic OH excluding ortho intramolecular Hbond substituents is 1. The fourth-order valence-electron chi connectivity index (χ4n) is 1.37. The Labute approximate surface area is 98.7 Å². The number of H-pyrrole nitrogens is 1. The molecule has 0 radical (unpaired) electrons. The Morgan fingerprint density at radius 2 is 2.25 bits per heavy atom. The number of phenols is 1. The molecule has 0 amide bonds. The van der Waals surface area contributed by atoms with Gasteiger partial charge in [-0.1, -0.05) is 11.8 Å². The van der Waals surface area contributed by atoms with Crippen LogP contribution in [0.15, 0.2) is 23.4 Å². The summed E-state index contributed by atoms with van der Waals surface area (Å²) in [6.45, 7) is 1.02. The predicted molar refractivity (Wildman–Crippen MR) is 67.0 cm³/mol. The van der Waals surface area contributed by atoms with Gasteiger partial charge in [-0.05, 0) is 26.2 Å². The highest BCUT2D eigenvalue weighted by Crippen LogP contribution is 2.22. The van der Waals surface area contributed by atoms with E-state index in [4.69, 9.17) is 0 Å². The van der Waals surface area contributed by atoms with Gasteiger partial charge in [-0.2, -0.15) is 0 Å².